The largest absolute Gasteiger partial charge is 0.493 e. The molecule has 0 saturated carbocycles. The van der Waals surface area contributed by atoms with Crippen molar-refractivity contribution in [1.82, 2.24) is 9.55 Å². The van der Waals surface area contributed by atoms with E-state index in [-0.39, 0.29) is 5.91 Å². The van der Waals surface area contributed by atoms with E-state index in [2.05, 4.69) is 10.3 Å². The van der Waals surface area contributed by atoms with Crippen LogP contribution in [0.3, 0.4) is 0 Å². The minimum Gasteiger partial charge on any atom is -0.493 e. The van der Waals surface area contributed by atoms with Gasteiger partial charge in [0.25, 0.3) is 5.91 Å². The summed E-state index contributed by atoms with van der Waals surface area (Å²) in [4.78, 5) is 17.0. The maximum Gasteiger partial charge on any atom is 0.259 e. The molecule has 0 atom stereocenters. The highest BCUT2D eigenvalue weighted by Crippen LogP contribution is 2.39. The number of carbonyl (C=O) groups excluding carboxylic acids is 1. The highest BCUT2D eigenvalue weighted by Gasteiger charge is 2.20. The van der Waals surface area contributed by atoms with Crippen LogP contribution in [0, 0.1) is 0 Å². The summed E-state index contributed by atoms with van der Waals surface area (Å²) in [5.74, 6) is 0.870. The summed E-state index contributed by atoms with van der Waals surface area (Å²) in [5, 5.41) is 2.86. The molecule has 0 spiro atoms. The average Bonchev–Trinajstić information content (AvgIpc) is 3.00. The van der Waals surface area contributed by atoms with Crippen LogP contribution in [0.1, 0.15) is 10.4 Å². The number of aromatic nitrogens is 2. The molecule has 7 nitrogen and oxygen atoms in total. The number of ether oxygens (including phenoxy) is 3. The molecule has 25 heavy (non-hydrogen) atoms. The Balaban J connectivity index is 1.94. The van der Waals surface area contributed by atoms with Crippen LogP contribution in [-0.4, -0.2) is 36.8 Å². The Kier molecular flexibility index (Phi) is 4.47. The lowest BCUT2D eigenvalue weighted by molar-refractivity contribution is 0.102. The number of methoxy groups -OCH3 is 3. The van der Waals surface area contributed by atoms with E-state index >= 15 is 0 Å². The zero-order valence-corrected chi connectivity index (χ0v) is 14.5. The minimum atomic E-state index is -0.312. The maximum atomic E-state index is 12.7. The van der Waals surface area contributed by atoms with Gasteiger partial charge in [-0.15, -0.1) is 0 Å². The van der Waals surface area contributed by atoms with Crippen molar-refractivity contribution < 1.29 is 19.0 Å². The normalized spacial score (nSPS) is 10.6. The Labute approximate surface area is 145 Å². The van der Waals surface area contributed by atoms with Gasteiger partial charge in [-0.05, 0) is 30.3 Å². The molecule has 0 aliphatic rings. The fourth-order valence-corrected chi connectivity index (χ4v) is 2.69. The summed E-state index contributed by atoms with van der Waals surface area (Å²) in [5.41, 5.74) is 2.79. The van der Waals surface area contributed by atoms with E-state index in [0.717, 1.165) is 11.0 Å². The van der Waals surface area contributed by atoms with Crippen LogP contribution in [0.5, 0.6) is 17.2 Å². The predicted molar refractivity (Wildman–Crippen MR) is 94.8 cm³/mol. The van der Waals surface area contributed by atoms with Crippen LogP contribution in [0.25, 0.3) is 11.0 Å². The number of benzene rings is 2. The minimum absolute atomic E-state index is 0.312. The quantitative estimate of drug-likeness (QED) is 0.772. The zero-order chi connectivity index (χ0) is 18.0. The molecule has 3 aromatic rings. The second kappa shape index (κ2) is 6.72. The first-order chi connectivity index (χ1) is 12.1. The monoisotopic (exact) mass is 341 g/mol. The summed E-state index contributed by atoms with van der Waals surface area (Å²) >= 11 is 0. The van der Waals surface area contributed by atoms with Gasteiger partial charge in [-0.1, -0.05) is 0 Å². The van der Waals surface area contributed by atoms with E-state index in [1.165, 1.54) is 21.3 Å². The topological polar surface area (TPSA) is 74.6 Å². The van der Waals surface area contributed by atoms with Crippen molar-refractivity contribution in [2.75, 3.05) is 26.6 Å². The van der Waals surface area contributed by atoms with Crippen molar-refractivity contribution in [2.24, 2.45) is 7.05 Å². The van der Waals surface area contributed by atoms with Gasteiger partial charge in [0, 0.05) is 12.7 Å². The summed E-state index contributed by atoms with van der Waals surface area (Å²) in [6.45, 7) is 0. The van der Waals surface area contributed by atoms with Crippen LogP contribution in [0.4, 0.5) is 5.69 Å². The van der Waals surface area contributed by atoms with E-state index in [1.807, 2.05) is 29.8 Å². The summed E-state index contributed by atoms with van der Waals surface area (Å²) in [6.07, 6.45) is 1.73. The van der Waals surface area contributed by atoms with Crippen molar-refractivity contribution in [3.8, 4) is 17.2 Å². The third-order valence-corrected chi connectivity index (χ3v) is 3.93. The lowest BCUT2D eigenvalue weighted by Crippen LogP contribution is -2.14. The van der Waals surface area contributed by atoms with Gasteiger partial charge < -0.3 is 24.1 Å². The van der Waals surface area contributed by atoms with Crippen molar-refractivity contribution in [3.05, 3.63) is 42.2 Å². The number of hydrogen-bond acceptors (Lipinski definition) is 5. The van der Waals surface area contributed by atoms with Gasteiger partial charge in [-0.2, -0.15) is 0 Å². The molecule has 1 aromatic heterocycles. The molecule has 1 heterocycles. The molecule has 3 rings (SSSR count). The molecule has 0 radical (unpaired) electrons. The summed E-state index contributed by atoms with van der Waals surface area (Å²) < 4.78 is 17.8. The zero-order valence-electron chi connectivity index (χ0n) is 14.5. The number of rotatable bonds is 5. The number of nitrogens with zero attached hydrogens (tertiary/aromatic N) is 2. The highest BCUT2D eigenvalue weighted by atomic mass is 16.5. The number of amides is 1. The molecule has 2 aromatic carbocycles. The van der Waals surface area contributed by atoms with Crippen LogP contribution >= 0.6 is 0 Å². The Bertz CT molecular complexity index is 933. The van der Waals surface area contributed by atoms with Crippen molar-refractivity contribution >= 4 is 22.6 Å². The molecule has 0 saturated heterocycles. The van der Waals surface area contributed by atoms with Crippen molar-refractivity contribution in [2.45, 2.75) is 0 Å². The van der Waals surface area contributed by atoms with Crippen LogP contribution in [-0.2, 0) is 7.05 Å². The Hall–Kier alpha value is -3.22. The number of nitrogens with one attached hydrogen (secondary N) is 1. The van der Waals surface area contributed by atoms with Gasteiger partial charge in [-0.25, -0.2) is 4.98 Å². The molecule has 1 amide bonds. The van der Waals surface area contributed by atoms with E-state index in [1.54, 1.807) is 18.5 Å². The average molecular weight is 341 g/mol. The molecule has 1 N–H and O–H groups in total. The lowest BCUT2D eigenvalue weighted by Gasteiger charge is -2.15. The second-order valence-electron chi connectivity index (χ2n) is 5.39. The van der Waals surface area contributed by atoms with Gasteiger partial charge in [0.05, 0.1) is 44.3 Å². The number of aryl methyl sites for hydroxylation is 1. The lowest BCUT2D eigenvalue weighted by atomic mass is 10.1. The van der Waals surface area contributed by atoms with Crippen molar-refractivity contribution in [3.63, 3.8) is 0 Å². The van der Waals surface area contributed by atoms with E-state index in [9.17, 15) is 4.79 Å². The first kappa shape index (κ1) is 16.6. The summed E-state index contributed by atoms with van der Waals surface area (Å²) in [7, 11) is 6.42. The van der Waals surface area contributed by atoms with Gasteiger partial charge >= 0.3 is 0 Å². The Morgan fingerprint density at radius 1 is 1.04 bits per heavy atom. The molecule has 0 fully saturated rings. The molecule has 0 aliphatic heterocycles. The Morgan fingerprint density at radius 3 is 2.48 bits per heavy atom. The van der Waals surface area contributed by atoms with Crippen LogP contribution < -0.4 is 19.5 Å². The number of fused-ring (bicyclic) bond motifs is 1. The molecular weight excluding hydrogens is 322 g/mol. The standard InChI is InChI=1S/C18H19N3O4/c1-21-10-19-13-9-11(5-7-14(13)21)20-18(22)12-6-8-15(23-2)17(25-4)16(12)24-3/h5-10H,1-4H3,(H,20,22). The molecule has 130 valence electrons. The SMILES string of the molecule is COc1ccc(C(=O)Nc2ccc3c(c2)ncn3C)c(OC)c1OC. The predicted octanol–water partition coefficient (Wildman–Crippen LogP) is 2.85. The third kappa shape index (κ3) is 2.96. The van der Waals surface area contributed by atoms with Gasteiger partial charge in [0.1, 0.15) is 0 Å². The van der Waals surface area contributed by atoms with E-state index in [0.29, 0.717) is 28.5 Å². The number of hydrogen-bond donors (Lipinski definition) is 1. The first-order valence-electron chi connectivity index (χ1n) is 7.60. The molecular formula is C18H19N3O4. The molecule has 0 unspecified atom stereocenters. The van der Waals surface area contributed by atoms with Crippen LogP contribution in [0.15, 0.2) is 36.7 Å². The van der Waals surface area contributed by atoms with Gasteiger partial charge in [-0.3, -0.25) is 4.79 Å². The molecule has 7 heteroatoms. The molecule has 0 aliphatic carbocycles. The fraction of sp³-hybridized carbons (Fsp3) is 0.222. The highest BCUT2D eigenvalue weighted by molar-refractivity contribution is 6.07. The smallest absolute Gasteiger partial charge is 0.259 e. The number of anilines is 1. The first-order valence-corrected chi connectivity index (χ1v) is 7.60. The number of imidazole rings is 1. The van der Waals surface area contributed by atoms with E-state index in [4.69, 9.17) is 14.2 Å². The maximum absolute atomic E-state index is 12.7. The summed E-state index contributed by atoms with van der Waals surface area (Å²) in [6, 6.07) is 8.85. The number of carbonyl (C=O) groups is 1. The second-order valence-corrected chi connectivity index (χ2v) is 5.39. The fourth-order valence-electron chi connectivity index (χ4n) is 2.69. The molecule has 0 bridgehead atoms. The van der Waals surface area contributed by atoms with Gasteiger partial charge in [0.2, 0.25) is 5.75 Å². The Morgan fingerprint density at radius 2 is 1.80 bits per heavy atom. The van der Waals surface area contributed by atoms with Crippen molar-refractivity contribution in [1.29, 1.82) is 0 Å². The van der Waals surface area contributed by atoms with E-state index < -0.39 is 0 Å². The van der Waals surface area contributed by atoms with Gasteiger partial charge in [0.15, 0.2) is 11.5 Å². The van der Waals surface area contributed by atoms with Crippen LogP contribution in [0.2, 0.25) is 0 Å². The third-order valence-electron chi connectivity index (χ3n) is 3.93.